The summed E-state index contributed by atoms with van der Waals surface area (Å²) < 4.78 is 5.44. The maximum atomic E-state index is 9.02. The van der Waals surface area contributed by atoms with Gasteiger partial charge in [-0.1, -0.05) is 30.4 Å². The van der Waals surface area contributed by atoms with Gasteiger partial charge < -0.3 is 10.1 Å². The summed E-state index contributed by atoms with van der Waals surface area (Å²) in [5.41, 5.74) is 3.14. The smallest absolute Gasteiger partial charge is 0.143 e. The van der Waals surface area contributed by atoms with Crippen molar-refractivity contribution in [1.82, 2.24) is 4.98 Å². The van der Waals surface area contributed by atoms with E-state index in [-0.39, 0.29) is 0 Å². The lowest BCUT2D eigenvalue weighted by atomic mass is 10.1. The Labute approximate surface area is 118 Å². The molecule has 0 bridgehead atoms. The van der Waals surface area contributed by atoms with E-state index in [1.807, 2.05) is 31.2 Å². The van der Waals surface area contributed by atoms with Gasteiger partial charge in [-0.3, -0.25) is 0 Å². The van der Waals surface area contributed by atoms with Gasteiger partial charge in [-0.15, -0.1) is 0 Å². The molecule has 4 nitrogen and oxygen atoms in total. The van der Waals surface area contributed by atoms with Crippen molar-refractivity contribution in [3.63, 3.8) is 0 Å². The number of anilines is 1. The van der Waals surface area contributed by atoms with E-state index in [0.717, 1.165) is 22.2 Å². The van der Waals surface area contributed by atoms with Crippen LogP contribution >= 0.6 is 0 Å². The van der Waals surface area contributed by atoms with Crippen LogP contribution in [0.4, 0.5) is 5.69 Å². The number of hydrogen-bond donors (Lipinski definition) is 1. The van der Waals surface area contributed by atoms with Gasteiger partial charge in [-0.2, -0.15) is 5.26 Å². The standard InChI is InChI=1S/C16H17N3O/c1-12(2)11-20-8-7-18-16-9-13(10-17)19-15-6-4-3-5-14(15)16/h3-6,9H,1,7-8,11H2,2H3,(H,18,19). The summed E-state index contributed by atoms with van der Waals surface area (Å²) in [5, 5.41) is 13.3. The minimum Gasteiger partial charge on any atom is -0.382 e. The van der Waals surface area contributed by atoms with Crippen molar-refractivity contribution >= 4 is 16.6 Å². The minimum atomic E-state index is 0.411. The van der Waals surface area contributed by atoms with E-state index in [2.05, 4.69) is 22.9 Å². The topological polar surface area (TPSA) is 57.9 Å². The molecule has 2 aromatic rings. The van der Waals surface area contributed by atoms with Crippen LogP contribution in [0.15, 0.2) is 42.5 Å². The molecule has 0 fully saturated rings. The molecule has 2 rings (SSSR count). The molecular weight excluding hydrogens is 250 g/mol. The second-order valence-corrected chi connectivity index (χ2v) is 4.62. The lowest BCUT2D eigenvalue weighted by Gasteiger charge is -2.10. The van der Waals surface area contributed by atoms with Crippen LogP contribution in [0, 0.1) is 11.3 Å². The monoisotopic (exact) mass is 267 g/mol. The van der Waals surface area contributed by atoms with Crippen molar-refractivity contribution in [3.05, 3.63) is 48.2 Å². The Kier molecular flexibility index (Phi) is 4.70. The van der Waals surface area contributed by atoms with Crippen molar-refractivity contribution < 1.29 is 4.74 Å². The van der Waals surface area contributed by atoms with E-state index in [4.69, 9.17) is 10.00 Å². The van der Waals surface area contributed by atoms with E-state index in [9.17, 15) is 0 Å². The van der Waals surface area contributed by atoms with Gasteiger partial charge in [0.15, 0.2) is 0 Å². The molecule has 0 aliphatic heterocycles. The molecule has 0 amide bonds. The first-order valence-electron chi connectivity index (χ1n) is 6.46. The SMILES string of the molecule is C=C(C)COCCNc1cc(C#N)nc2ccccc12. The molecule has 0 aliphatic rings. The second kappa shape index (κ2) is 6.69. The fraction of sp³-hybridized carbons (Fsp3) is 0.250. The van der Waals surface area contributed by atoms with Crippen LogP contribution in [0.2, 0.25) is 0 Å². The number of nitrogens with one attached hydrogen (secondary N) is 1. The molecule has 0 atom stereocenters. The van der Waals surface area contributed by atoms with Crippen molar-refractivity contribution in [3.8, 4) is 6.07 Å². The van der Waals surface area contributed by atoms with E-state index >= 15 is 0 Å². The first-order valence-corrected chi connectivity index (χ1v) is 6.46. The van der Waals surface area contributed by atoms with Crippen molar-refractivity contribution in [2.24, 2.45) is 0 Å². The molecule has 1 aromatic heterocycles. The highest BCUT2D eigenvalue weighted by atomic mass is 16.5. The number of ether oxygens (including phenoxy) is 1. The van der Waals surface area contributed by atoms with Crippen molar-refractivity contribution in [2.75, 3.05) is 25.1 Å². The highest BCUT2D eigenvalue weighted by Crippen LogP contribution is 2.22. The molecular formula is C16H17N3O. The van der Waals surface area contributed by atoms with Crippen LogP contribution < -0.4 is 5.32 Å². The van der Waals surface area contributed by atoms with Gasteiger partial charge in [-0.25, -0.2) is 4.98 Å². The number of aromatic nitrogens is 1. The summed E-state index contributed by atoms with van der Waals surface area (Å²) in [7, 11) is 0. The lowest BCUT2D eigenvalue weighted by molar-refractivity contribution is 0.167. The lowest BCUT2D eigenvalue weighted by Crippen LogP contribution is -2.11. The number of hydrogen-bond acceptors (Lipinski definition) is 4. The van der Waals surface area contributed by atoms with Crippen molar-refractivity contribution in [1.29, 1.82) is 5.26 Å². The molecule has 1 heterocycles. The third-order valence-electron chi connectivity index (χ3n) is 2.74. The van der Waals surface area contributed by atoms with Crippen LogP contribution in [0.3, 0.4) is 0 Å². The third-order valence-corrected chi connectivity index (χ3v) is 2.74. The average molecular weight is 267 g/mol. The Morgan fingerprint density at radius 1 is 1.45 bits per heavy atom. The average Bonchev–Trinajstić information content (AvgIpc) is 2.46. The zero-order chi connectivity index (χ0) is 14.4. The van der Waals surface area contributed by atoms with Crippen LogP contribution in [-0.4, -0.2) is 24.7 Å². The molecule has 102 valence electrons. The quantitative estimate of drug-likeness (QED) is 0.645. The van der Waals surface area contributed by atoms with E-state index in [1.165, 1.54) is 0 Å². The highest BCUT2D eigenvalue weighted by Gasteiger charge is 2.04. The fourth-order valence-corrected chi connectivity index (χ4v) is 1.88. The Balaban J connectivity index is 2.09. The van der Waals surface area contributed by atoms with Gasteiger partial charge in [0, 0.05) is 17.6 Å². The van der Waals surface area contributed by atoms with Crippen molar-refractivity contribution in [2.45, 2.75) is 6.92 Å². The molecule has 20 heavy (non-hydrogen) atoms. The number of benzene rings is 1. The zero-order valence-corrected chi connectivity index (χ0v) is 11.5. The molecule has 4 heteroatoms. The van der Waals surface area contributed by atoms with Gasteiger partial charge in [0.1, 0.15) is 11.8 Å². The summed E-state index contributed by atoms with van der Waals surface area (Å²) in [5.74, 6) is 0. The van der Waals surface area contributed by atoms with Crippen LogP contribution in [0.5, 0.6) is 0 Å². The maximum Gasteiger partial charge on any atom is 0.143 e. The fourth-order valence-electron chi connectivity index (χ4n) is 1.88. The Morgan fingerprint density at radius 2 is 2.25 bits per heavy atom. The van der Waals surface area contributed by atoms with E-state index in [1.54, 1.807) is 6.07 Å². The molecule has 1 N–H and O–H groups in total. The van der Waals surface area contributed by atoms with Gasteiger partial charge in [0.25, 0.3) is 0 Å². The molecule has 0 saturated heterocycles. The number of rotatable bonds is 6. The molecule has 0 aliphatic carbocycles. The molecule has 1 aromatic carbocycles. The number of pyridine rings is 1. The minimum absolute atomic E-state index is 0.411. The number of nitriles is 1. The number of fused-ring (bicyclic) bond motifs is 1. The second-order valence-electron chi connectivity index (χ2n) is 4.62. The largest absolute Gasteiger partial charge is 0.382 e. The summed E-state index contributed by atoms with van der Waals surface area (Å²) >= 11 is 0. The Morgan fingerprint density at radius 3 is 3.00 bits per heavy atom. The van der Waals surface area contributed by atoms with Gasteiger partial charge in [-0.05, 0) is 19.1 Å². The summed E-state index contributed by atoms with van der Waals surface area (Å²) in [6.45, 7) is 7.55. The van der Waals surface area contributed by atoms with Crippen LogP contribution in [-0.2, 0) is 4.74 Å². The van der Waals surface area contributed by atoms with Gasteiger partial charge in [0.05, 0.1) is 18.7 Å². The Hall–Kier alpha value is -2.38. The van der Waals surface area contributed by atoms with Crippen LogP contribution in [0.25, 0.3) is 10.9 Å². The zero-order valence-electron chi connectivity index (χ0n) is 11.5. The van der Waals surface area contributed by atoms with Gasteiger partial charge in [0.2, 0.25) is 0 Å². The molecule has 0 spiro atoms. The number of para-hydroxylation sites is 1. The molecule has 0 saturated carbocycles. The summed E-state index contributed by atoms with van der Waals surface area (Å²) in [6.07, 6.45) is 0. The number of nitrogens with zero attached hydrogens (tertiary/aromatic N) is 2. The third kappa shape index (κ3) is 3.56. The predicted molar refractivity (Wildman–Crippen MR) is 80.6 cm³/mol. The molecule has 0 radical (unpaired) electrons. The first kappa shape index (κ1) is 14.0. The van der Waals surface area contributed by atoms with Gasteiger partial charge >= 0.3 is 0 Å². The molecule has 0 unspecified atom stereocenters. The predicted octanol–water partition coefficient (Wildman–Crippen LogP) is 3.11. The summed E-state index contributed by atoms with van der Waals surface area (Å²) in [6, 6.07) is 11.6. The maximum absolute atomic E-state index is 9.02. The summed E-state index contributed by atoms with van der Waals surface area (Å²) in [4.78, 5) is 4.28. The highest BCUT2D eigenvalue weighted by molar-refractivity contribution is 5.91. The van der Waals surface area contributed by atoms with E-state index in [0.29, 0.717) is 25.5 Å². The van der Waals surface area contributed by atoms with Crippen LogP contribution in [0.1, 0.15) is 12.6 Å². The normalized spacial score (nSPS) is 10.2. The first-order chi connectivity index (χ1) is 9.70. The Bertz CT molecular complexity index is 658. The van der Waals surface area contributed by atoms with E-state index < -0.39 is 0 Å².